The van der Waals surface area contributed by atoms with E-state index < -0.39 is 5.97 Å². The minimum Gasteiger partial charge on any atom is -0.486 e. The number of hydrogen-bond acceptors (Lipinski definition) is 3. The van der Waals surface area contributed by atoms with Gasteiger partial charge in [-0.05, 0) is 13.0 Å². The Kier molecular flexibility index (Phi) is 3.28. The fraction of sp³-hybridized carbons (Fsp3) is 0.333. The van der Waals surface area contributed by atoms with Crippen LogP contribution < -0.4 is 4.74 Å². The molecule has 14 heavy (non-hydrogen) atoms. The Bertz CT molecular complexity index is 355. The lowest BCUT2D eigenvalue weighted by Crippen LogP contribution is -2.00. The summed E-state index contributed by atoms with van der Waals surface area (Å²) in [6, 6.07) is 0. The Balaban J connectivity index is 2.42. The highest BCUT2D eigenvalue weighted by molar-refractivity contribution is 5.85. The Labute approximate surface area is 81.6 Å². The molecule has 76 valence electrons. The predicted octanol–water partition coefficient (Wildman–Crippen LogP) is 0.830. The molecule has 1 aromatic rings. The van der Waals surface area contributed by atoms with Crippen molar-refractivity contribution in [3.8, 4) is 5.75 Å². The molecule has 0 aliphatic heterocycles. The third-order valence-corrected chi connectivity index (χ3v) is 1.66. The first-order chi connectivity index (χ1) is 6.59. The minimum atomic E-state index is -0.931. The number of nitrogens with zero attached hydrogens (tertiary/aromatic N) is 2. The Hall–Kier alpha value is -1.78. The zero-order chi connectivity index (χ0) is 10.6. The fourth-order valence-corrected chi connectivity index (χ4v) is 0.824. The second-order valence-corrected chi connectivity index (χ2v) is 2.85. The molecule has 5 heteroatoms. The van der Waals surface area contributed by atoms with Gasteiger partial charge < -0.3 is 9.84 Å². The van der Waals surface area contributed by atoms with Crippen molar-refractivity contribution in [2.45, 2.75) is 6.92 Å². The van der Waals surface area contributed by atoms with E-state index in [1.807, 2.05) is 0 Å². The number of carbonyl (C=O) groups is 1. The molecule has 0 aliphatic carbocycles. The predicted molar refractivity (Wildman–Crippen MR) is 50.1 cm³/mol. The number of aromatic nitrogens is 2. The maximum absolute atomic E-state index is 10.4. The number of carboxylic acids is 1. The molecule has 0 fully saturated rings. The monoisotopic (exact) mass is 196 g/mol. The van der Waals surface area contributed by atoms with E-state index in [4.69, 9.17) is 9.84 Å². The summed E-state index contributed by atoms with van der Waals surface area (Å²) in [6.07, 6.45) is 4.79. The average molecular weight is 196 g/mol. The molecule has 0 unspecified atom stereocenters. The van der Waals surface area contributed by atoms with E-state index in [2.05, 4.69) is 5.10 Å². The van der Waals surface area contributed by atoms with Gasteiger partial charge in [-0.1, -0.05) is 0 Å². The molecule has 5 nitrogen and oxygen atoms in total. The van der Waals surface area contributed by atoms with Gasteiger partial charge in [0.15, 0.2) is 5.75 Å². The average Bonchev–Trinajstić information content (AvgIpc) is 2.51. The summed E-state index contributed by atoms with van der Waals surface area (Å²) in [7, 11) is 1.78. The molecular formula is C9H12N2O3. The summed E-state index contributed by atoms with van der Waals surface area (Å²) in [5.41, 5.74) is 0.272. The van der Waals surface area contributed by atoms with Crippen LogP contribution >= 0.6 is 0 Å². The smallest absolute Gasteiger partial charge is 0.331 e. The maximum atomic E-state index is 10.4. The number of rotatable bonds is 4. The van der Waals surface area contributed by atoms with Crippen LogP contribution in [-0.2, 0) is 11.8 Å². The molecule has 0 saturated carbocycles. The zero-order valence-electron chi connectivity index (χ0n) is 8.10. The summed E-state index contributed by atoms with van der Waals surface area (Å²) in [6.45, 7) is 1.76. The van der Waals surface area contributed by atoms with Crippen LogP contribution in [0.3, 0.4) is 0 Å². The lowest BCUT2D eigenvalue weighted by atomic mass is 10.3. The third-order valence-electron chi connectivity index (χ3n) is 1.66. The van der Waals surface area contributed by atoms with Gasteiger partial charge in [0.05, 0.1) is 12.4 Å². The Morgan fingerprint density at radius 2 is 2.50 bits per heavy atom. The van der Waals surface area contributed by atoms with Gasteiger partial charge in [-0.2, -0.15) is 5.10 Å². The second kappa shape index (κ2) is 4.45. The van der Waals surface area contributed by atoms with E-state index >= 15 is 0 Å². The van der Waals surface area contributed by atoms with Crippen LogP contribution in [0.25, 0.3) is 0 Å². The SMILES string of the molecule is CC(=CCOc1cnn(C)c1)C(=O)O. The van der Waals surface area contributed by atoms with Gasteiger partial charge in [0, 0.05) is 12.6 Å². The lowest BCUT2D eigenvalue weighted by Gasteiger charge is -1.98. The zero-order valence-corrected chi connectivity index (χ0v) is 8.10. The largest absolute Gasteiger partial charge is 0.486 e. The number of carboxylic acid groups (broad SMARTS) is 1. The first-order valence-electron chi connectivity index (χ1n) is 4.11. The first-order valence-corrected chi connectivity index (χ1v) is 4.11. The van der Waals surface area contributed by atoms with Gasteiger partial charge in [0.2, 0.25) is 0 Å². The molecule has 0 bridgehead atoms. The quantitative estimate of drug-likeness (QED) is 0.724. The number of aliphatic carboxylic acids is 1. The highest BCUT2D eigenvalue weighted by atomic mass is 16.5. The van der Waals surface area contributed by atoms with Crippen molar-refractivity contribution in [2.24, 2.45) is 7.05 Å². The third kappa shape index (κ3) is 2.93. The minimum absolute atomic E-state index is 0.240. The first kappa shape index (κ1) is 10.3. The van der Waals surface area contributed by atoms with Crippen molar-refractivity contribution in [1.29, 1.82) is 0 Å². The van der Waals surface area contributed by atoms with E-state index in [9.17, 15) is 4.79 Å². The van der Waals surface area contributed by atoms with Gasteiger partial charge >= 0.3 is 5.97 Å². The summed E-state index contributed by atoms with van der Waals surface area (Å²) in [5.74, 6) is -0.304. The standard InChI is InChI=1S/C9H12N2O3/c1-7(9(12)13)3-4-14-8-5-10-11(2)6-8/h3,5-6H,4H2,1-2H3,(H,12,13). The summed E-state index contributed by atoms with van der Waals surface area (Å²) in [5, 5.41) is 12.4. The van der Waals surface area contributed by atoms with E-state index in [1.165, 1.54) is 13.0 Å². The molecule has 1 aromatic heterocycles. The lowest BCUT2D eigenvalue weighted by molar-refractivity contribution is -0.132. The van der Waals surface area contributed by atoms with Gasteiger partial charge in [-0.15, -0.1) is 0 Å². The number of aryl methyl sites for hydroxylation is 1. The molecule has 1 rings (SSSR count). The van der Waals surface area contributed by atoms with E-state index in [-0.39, 0.29) is 12.2 Å². The van der Waals surface area contributed by atoms with Crippen LogP contribution in [0.4, 0.5) is 0 Å². The van der Waals surface area contributed by atoms with Crippen molar-refractivity contribution >= 4 is 5.97 Å². The van der Waals surface area contributed by atoms with Gasteiger partial charge in [0.25, 0.3) is 0 Å². The molecule has 0 amide bonds. The topological polar surface area (TPSA) is 64.4 Å². The van der Waals surface area contributed by atoms with Crippen LogP contribution in [0.5, 0.6) is 5.75 Å². The van der Waals surface area contributed by atoms with Crippen LogP contribution in [0.2, 0.25) is 0 Å². The van der Waals surface area contributed by atoms with E-state index in [0.29, 0.717) is 5.75 Å². The highest BCUT2D eigenvalue weighted by Gasteiger charge is 1.99. The van der Waals surface area contributed by atoms with Crippen molar-refractivity contribution in [3.05, 3.63) is 24.0 Å². The Morgan fingerprint density at radius 1 is 1.79 bits per heavy atom. The normalized spacial score (nSPS) is 11.4. The summed E-state index contributed by atoms with van der Waals surface area (Å²) in [4.78, 5) is 10.4. The highest BCUT2D eigenvalue weighted by Crippen LogP contribution is 2.06. The Morgan fingerprint density at radius 3 is 3.00 bits per heavy atom. The second-order valence-electron chi connectivity index (χ2n) is 2.85. The molecule has 0 aliphatic rings. The van der Waals surface area contributed by atoms with Crippen LogP contribution in [0.1, 0.15) is 6.92 Å². The molecule has 1 N–H and O–H groups in total. The molecule has 0 spiro atoms. The fourth-order valence-electron chi connectivity index (χ4n) is 0.824. The van der Waals surface area contributed by atoms with Gasteiger partial charge in [-0.25, -0.2) is 4.79 Å². The van der Waals surface area contributed by atoms with Crippen molar-refractivity contribution < 1.29 is 14.6 Å². The van der Waals surface area contributed by atoms with Crippen molar-refractivity contribution in [2.75, 3.05) is 6.61 Å². The van der Waals surface area contributed by atoms with Gasteiger partial charge in [-0.3, -0.25) is 4.68 Å². The number of hydrogen-bond donors (Lipinski definition) is 1. The van der Waals surface area contributed by atoms with Crippen LogP contribution in [-0.4, -0.2) is 27.5 Å². The van der Waals surface area contributed by atoms with Crippen LogP contribution in [0.15, 0.2) is 24.0 Å². The molecule has 0 aromatic carbocycles. The summed E-state index contributed by atoms with van der Waals surface area (Å²) >= 11 is 0. The molecular weight excluding hydrogens is 184 g/mol. The van der Waals surface area contributed by atoms with E-state index in [0.717, 1.165) is 0 Å². The van der Waals surface area contributed by atoms with Gasteiger partial charge in [0.1, 0.15) is 6.61 Å². The van der Waals surface area contributed by atoms with Crippen molar-refractivity contribution in [3.63, 3.8) is 0 Å². The summed E-state index contributed by atoms with van der Waals surface area (Å²) < 4.78 is 6.84. The molecule has 0 saturated heterocycles. The maximum Gasteiger partial charge on any atom is 0.331 e. The molecule has 1 heterocycles. The van der Waals surface area contributed by atoms with Crippen LogP contribution in [0, 0.1) is 0 Å². The number of ether oxygens (including phenoxy) is 1. The molecule has 0 radical (unpaired) electrons. The van der Waals surface area contributed by atoms with Crippen molar-refractivity contribution in [1.82, 2.24) is 9.78 Å². The van der Waals surface area contributed by atoms with E-state index in [1.54, 1.807) is 24.1 Å². The molecule has 0 atom stereocenters.